The van der Waals surface area contributed by atoms with Crippen LogP contribution in [0.25, 0.3) is 0 Å². The van der Waals surface area contributed by atoms with Crippen LogP contribution in [0, 0.1) is 5.92 Å². The minimum absolute atomic E-state index is 0.0292. The van der Waals surface area contributed by atoms with Crippen LogP contribution < -0.4 is 5.32 Å². The Morgan fingerprint density at radius 2 is 2.13 bits per heavy atom. The fourth-order valence-electron chi connectivity index (χ4n) is 2.90. The molecule has 3 nitrogen and oxygen atoms in total. The second-order valence-electron chi connectivity index (χ2n) is 5.30. The number of rotatable bonds is 5. The Bertz CT molecular complexity index is 212. The highest BCUT2D eigenvalue weighted by Gasteiger charge is 2.45. The van der Waals surface area contributed by atoms with Crippen molar-refractivity contribution < 1.29 is 5.11 Å². The molecule has 15 heavy (non-hydrogen) atoms. The van der Waals surface area contributed by atoms with E-state index in [-0.39, 0.29) is 12.1 Å². The third-order valence-corrected chi connectivity index (χ3v) is 4.31. The molecule has 3 heteroatoms. The van der Waals surface area contributed by atoms with Crippen molar-refractivity contribution in [3.05, 3.63) is 0 Å². The Morgan fingerprint density at radius 3 is 2.53 bits per heavy atom. The number of hydrogen-bond acceptors (Lipinski definition) is 3. The Balaban J connectivity index is 1.99. The monoisotopic (exact) mass is 212 g/mol. The maximum atomic E-state index is 9.64. The Labute approximate surface area is 92.8 Å². The molecule has 2 N–H and O–H groups in total. The number of likely N-dealkylation sites (tertiary alicyclic amines) is 1. The van der Waals surface area contributed by atoms with E-state index in [1.54, 1.807) is 0 Å². The SMILES string of the molecule is CNC(CO)(CN1CCCC1C)C1CC1. The molecule has 2 rings (SSSR count). The van der Waals surface area contributed by atoms with E-state index >= 15 is 0 Å². The van der Waals surface area contributed by atoms with E-state index in [9.17, 15) is 5.11 Å². The summed E-state index contributed by atoms with van der Waals surface area (Å²) in [5.74, 6) is 0.695. The first-order valence-corrected chi connectivity index (χ1v) is 6.25. The summed E-state index contributed by atoms with van der Waals surface area (Å²) in [5, 5.41) is 13.0. The van der Waals surface area contributed by atoms with E-state index < -0.39 is 0 Å². The van der Waals surface area contributed by atoms with Crippen molar-refractivity contribution in [3.63, 3.8) is 0 Å². The van der Waals surface area contributed by atoms with Gasteiger partial charge in [0, 0.05) is 12.6 Å². The lowest BCUT2D eigenvalue weighted by Crippen LogP contribution is -2.57. The number of likely N-dealkylation sites (N-methyl/N-ethyl adjacent to an activating group) is 1. The standard InChI is InChI=1S/C12H24N2O/c1-10-4-3-7-14(10)8-12(9-15,13-2)11-5-6-11/h10-11,13,15H,3-9H2,1-2H3. The molecule has 0 aromatic carbocycles. The Kier molecular flexibility index (Phi) is 3.33. The molecular weight excluding hydrogens is 188 g/mol. The number of hydrogen-bond donors (Lipinski definition) is 2. The molecule has 2 fully saturated rings. The predicted molar refractivity (Wildman–Crippen MR) is 61.9 cm³/mol. The third kappa shape index (κ3) is 2.19. The highest BCUT2D eigenvalue weighted by Crippen LogP contribution is 2.40. The van der Waals surface area contributed by atoms with Gasteiger partial charge in [0.15, 0.2) is 0 Å². The molecule has 0 aromatic rings. The highest BCUT2D eigenvalue weighted by atomic mass is 16.3. The molecule has 0 amide bonds. The maximum absolute atomic E-state index is 9.64. The average molecular weight is 212 g/mol. The second kappa shape index (κ2) is 4.40. The van der Waals surface area contributed by atoms with E-state index in [4.69, 9.17) is 0 Å². The number of nitrogens with zero attached hydrogens (tertiary/aromatic N) is 1. The van der Waals surface area contributed by atoms with Crippen molar-refractivity contribution in [1.29, 1.82) is 0 Å². The Morgan fingerprint density at radius 1 is 1.40 bits per heavy atom. The summed E-state index contributed by atoms with van der Waals surface area (Å²) < 4.78 is 0. The van der Waals surface area contributed by atoms with Crippen LogP contribution in [-0.2, 0) is 0 Å². The van der Waals surface area contributed by atoms with E-state index in [1.165, 1.54) is 32.2 Å². The lowest BCUT2D eigenvalue weighted by Gasteiger charge is -2.37. The zero-order valence-electron chi connectivity index (χ0n) is 10.00. The molecule has 1 saturated heterocycles. The summed E-state index contributed by atoms with van der Waals surface area (Å²) in [4.78, 5) is 2.53. The molecule has 0 bridgehead atoms. The Hall–Kier alpha value is -0.120. The van der Waals surface area contributed by atoms with Crippen LogP contribution in [0.5, 0.6) is 0 Å². The average Bonchev–Trinajstić information content (AvgIpc) is 3.02. The van der Waals surface area contributed by atoms with E-state index in [1.807, 2.05) is 7.05 Å². The van der Waals surface area contributed by atoms with Crippen LogP contribution in [-0.4, -0.2) is 48.3 Å². The lowest BCUT2D eigenvalue weighted by molar-refractivity contribution is 0.0940. The van der Waals surface area contributed by atoms with Gasteiger partial charge in [-0.1, -0.05) is 0 Å². The van der Waals surface area contributed by atoms with Crippen molar-refractivity contribution in [2.75, 3.05) is 26.7 Å². The molecular formula is C12H24N2O. The fourth-order valence-corrected chi connectivity index (χ4v) is 2.90. The van der Waals surface area contributed by atoms with Crippen LogP contribution in [0.3, 0.4) is 0 Å². The maximum Gasteiger partial charge on any atom is 0.0628 e. The summed E-state index contributed by atoms with van der Waals surface area (Å²) in [6.45, 7) is 4.80. The highest BCUT2D eigenvalue weighted by molar-refractivity contribution is 5.03. The molecule has 2 unspecified atom stereocenters. The van der Waals surface area contributed by atoms with Gasteiger partial charge in [0.25, 0.3) is 0 Å². The summed E-state index contributed by atoms with van der Waals surface area (Å²) in [6.07, 6.45) is 5.19. The van der Waals surface area contributed by atoms with Crippen molar-refractivity contribution in [3.8, 4) is 0 Å². The topological polar surface area (TPSA) is 35.5 Å². The molecule has 1 heterocycles. The van der Waals surface area contributed by atoms with Gasteiger partial charge in [-0.25, -0.2) is 0 Å². The van der Waals surface area contributed by atoms with Gasteiger partial charge in [-0.05, 0) is 52.1 Å². The van der Waals surface area contributed by atoms with Crippen LogP contribution in [0.4, 0.5) is 0 Å². The summed E-state index contributed by atoms with van der Waals surface area (Å²) in [5.41, 5.74) is -0.0292. The van der Waals surface area contributed by atoms with Gasteiger partial charge >= 0.3 is 0 Å². The first kappa shape index (κ1) is 11.4. The van der Waals surface area contributed by atoms with Gasteiger partial charge in [-0.3, -0.25) is 4.90 Å². The van der Waals surface area contributed by atoms with Crippen molar-refractivity contribution in [2.45, 2.75) is 44.2 Å². The number of aliphatic hydroxyl groups excluding tert-OH is 1. The van der Waals surface area contributed by atoms with Gasteiger partial charge in [0.2, 0.25) is 0 Å². The third-order valence-electron chi connectivity index (χ3n) is 4.31. The van der Waals surface area contributed by atoms with E-state index in [0.29, 0.717) is 12.0 Å². The minimum Gasteiger partial charge on any atom is -0.394 e. The van der Waals surface area contributed by atoms with Crippen molar-refractivity contribution >= 4 is 0 Å². The predicted octanol–water partition coefficient (Wildman–Crippen LogP) is 0.831. The van der Waals surface area contributed by atoms with Gasteiger partial charge < -0.3 is 10.4 Å². The fraction of sp³-hybridized carbons (Fsp3) is 1.00. The largest absolute Gasteiger partial charge is 0.394 e. The minimum atomic E-state index is -0.0292. The van der Waals surface area contributed by atoms with Crippen LogP contribution >= 0.6 is 0 Å². The number of aliphatic hydroxyl groups is 1. The van der Waals surface area contributed by atoms with E-state index in [0.717, 1.165) is 6.54 Å². The van der Waals surface area contributed by atoms with Gasteiger partial charge in [-0.2, -0.15) is 0 Å². The van der Waals surface area contributed by atoms with Crippen molar-refractivity contribution in [1.82, 2.24) is 10.2 Å². The smallest absolute Gasteiger partial charge is 0.0628 e. The molecule has 88 valence electrons. The first-order valence-electron chi connectivity index (χ1n) is 6.25. The zero-order valence-corrected chi connectivity index (χ0v) is 10.00. The van der Waals surface area contributed by atoms with Gasteiger partial charge in [-0.15, -0.1) is 0 Å². The second-order valence-corrected chi connectivity index (χ2v) is 5.30. The zero-order chi connectivity index (χ0) is 10.9. The molecule has 0 spiro atoms. The molecule has 0 aromatic heterocycles. The molecule has 1 aliphatic carbocycles. The normalized spacial score (nSPS) is 31.8. The van der Waals surface area contributed by atoms with Gasteiger partial charge in [0.1, 0.15) is 0 Å². The van der Waals surface area contributed by atoms with Crippen LogP contribution in [0.15, 0.2) is 0 Å². The molecule has 2 aliphatic rings. The summed E-state index contributed by atoms with van der Waals surface area (Å²) >= 11 is 0. The first-order chi connectivity index (χ1) is 7.22. The number of nitrogens with one attached hydrogen (secondary N) is 1. The van der Waals surface area contributed by atoms with Crippen LogP contribution in [0.2, 0.25) is 0 Å². The van der Waals surface area contributed by atoms with Crippen molar-refractivity contribution in [2.24, 2.45) is 5.92 Å². The summed E-state index contributed by atoms with van der Waals surface area (Å²) in [7, 11) is 2.00. The van der Waals surface area contributed by atoms with Crippen LogP contribution in [0.1, 0.15) is 32.6 Å². The quantitative estimate of drug-likeness (QED) is 0.708. The van der Waals surface area contributed by atoms with Gasteiger partial charge in [0.05, 0.1) is 12.1 Å². The lowest BCUT2D eigenvalue weighted by atomic mass is 9.93. The molecule has 0 radical (unpaired) electrons. The summed E-state index contributed by atoms with van der Waals surface area (Å²) in [6, 6.07) is 0.697. The molecule has 2 atom stereocenters. The molecule has 1 saturated carbocycles. The van der Waals surface area contributed by atoms with E-state index in [2.05, 4.69) is 17.1 Å². The molecule has 1 aliphatic heterocycles.